The molecule has 2 N–H and O–H groups in total. The Morgan fingerprint density at radius 1 is 1.31 bits per heavy atom. The van der Waals surface area contributed by atoms with Crippen LogP contribution in [0.1, 0.15) is 11.6 Å². The van der Waals surface area contributed by atoms with E-state index in [1.165, 1.54) is 12.1 Å². The maximum absolute atomic E-state index is 8.57. The lowest BCUT2D eigenvalue weighted by molar-refractivity contribution is 0.927. The van der Waals surface area contributed by atoms with Gasteiger partial charge in [-0.25, -0.2) is 0 Å². The highest BCUT2D eigenvalue weighted by Crippen LogP contribution is 2.32. The fourth-order valence-electron chi connectivity index (χ4n) is 0.872. The Bertz CT molecular complexity index is 370. The third kappa shape index (κ3) is 2.26. The molecule has 0 heterocycles. The Morgan fingerprint density at radius 3 is 2.46 bits per heavy atom. The van der Waals surface area contributed by atoms with Crippen molar-refractivity contribution >= 4 is 34.8 Å². The highest BCUT2D eigenvalue weighted by atomic mass is 35.5. The van der Waals surface area contributed by atoms with Gasteiger partial charge in [-0.3, -0.25) is 0 Å². The number of rotatable bonds is 1. The first-order valence-corrected chi connectivity index (χ1v) is 4.49. The zero-order chi connectivity index (χ0) is 10.0. The summed E-state index contributed by atoms with van der Waals surface area (Å²) in [6.07, 6.45) is 0. The number of nitrogens with zero attached hydrogens (tertiary/aromatic N) is 1. The highest BCUT2D eigenvalue weighted by Gasteiger charge is 2.12. The number of nitriles is 1. The average Bonchev–Trinajstić information content (AvgIpc) is 2.10. The third-order valence-electron chi connectivity index (χ3n) is 1.50. The van der Waals surface area contributed by atoms with Crippen molar-refractivity contribution in [2.45, 2.75) is 6.04 Å². The third-order valence-corrected chi connectivity index (χ3v) is 2.53. The Kier molecular flexibility index (Phi) is 3.40. The van der Waals surface area contributed by atoms with Crippen molar-refractivity contribution in [1.29, 1.82) is 5.26 Å². The topological polar surface area (TPSA) is 49.8 Å². The van der Waals surface area contributed by atoms with Gasteiger partial charge in [-0.05, 0) is 12.1 Å². The summed E-state index contributed by atoms with van der Waals surface area (Å²) in [6.45, 7) is 0. The lowest BCUT2D eigenvalue weighted by Crippen LogP contribution is -2.07. The van der Waals surface area contributed by atoms with Gasteiger partial charge in [-0.2, -0.15) is 5.26 Å². The average molecular weight is 236 g/mol. The summed E-state index contributed by atoms with van der Waals surface area (Å²) in [5.74, 6) is 0. The van der Waals surface area contributed by atoms with Crippen LogP contribution in [0.5, 0.6) is 0 Å². The van der Waals surface area contributed by atoms with Crippen molar-refractivity contribution in [2.24, 2.45) is 5.73 Å². The Hall–Kier alpha value is -0.460. The molecule has 0 bridgehead atoms. The van der Waals surface area contributed by atoms with E-state index in [2.05, 4.69) is 0 Å². The molecular formula is C8H5Cl3N2. The predicted octanol–water partition coefficient (Wildman–Crippen LogP) is 3.17. The zero-order valence-electron chi connectivity index (χ0n) is 6.39. The molecule has 1 aromatic carbocycles. The molecule has 0 saturated heterocycles. The molecule has 0 aliphatic heterocycles. The van der Waals surface area contributed by atoms with E-state index in [9.17, 15) is 0 Å². The molecule has 68 valence electrons. The summed E-state index contributed by atoms with van der Waals surface area (Å²) < 4.78 is 0. The molecule has 1 aromatic rings. The minimum atomic E-state index is -0.802. The number of halogens is 3. The van der Waals surface area contributed by atoms with Crippen LogP contribution < -0.4 is 5.73 Å². The van der Waals surface area contributed by atoms with Gasteiger partial charge in [-0.1, -0.05) is 34.8 Å². The van der Waals surface area contributed by atoms with Gasteiger partial charge in [0.1, 0.15) is 6.04 Å². The quantitative estimate of drug-likeness (QED) is 0.760. The molecule has 5 heteroatoms. The second kappa shape index (κ2) is 4.17. The first kappa shape index (κ1) is 10.6. The van der Waals surface area contributed by atoms with Crippen LogP contribution in [0.3, 0.4) is 0 Å². The molecule has 0 aromatic heterocycles. The lowest BCUT2D eigenvalue weighted by Gasteiger charge is -2.07. The summed E-state index contributed by atoms with van der Waals surface area (Å²) in [7, 11) is 0. The van der Waals surface area contributed by atoms with E-state index in [1.54, 1.807) is 0 Å². The molecule has 0 fully saturated rings. The molecule has 1 unspecified atom stereocenters. The van der Waals surface area contributed by atoms with Crippen molar-refractivity contribution in [1.82, 2.24) is 0 Å². The standard InChI is InChI=1S/C8H5Cl3N2/c9-4-1-5(7(13)3-12)8(11)6(10)2-4/h1-2,7H,13H2. The van der Waals surface area contributed by atoms with Gasteiger partial charge < -0.3 is 5.73 Å². The number of hydrogen-bond acceptors (Lipinski definition) is 2. The van der Waals surface area contributed by atoms with Crippen molar-refractivity contribution in [3.05, 3.63) is 32.8 Å². The van der Waals surface area contributed by atoms with Crippen LogP contribution in [0.15, 0.2) is 12.1 Å². The van der Waals surface area contributed by atoms with Gasteiger partial charge in [0.2, 0.25) is 0 Å². The molecule has 0 saturated carbocycles. The molecule has 1 atom stereocenters. The van der Waals surface area contributed by atoms with Gasteiger partial charge in [0.05, 0.1) is 16.1 Å². The van der Waals surface area contributed by atoms with E-state index in [0.29, 0.717) is 15.6 Å². The van der Waals surface area contributed by atoms with Crippen molar-refractivity contribution < 1.29 is 0 Å². The Labute approximate surface area is 90.8 Å². The first-order valence-electron chi connectivity index (χ1n) is 3.36. The van der Waals surface area contributed by atoms with E-state index in [4.69, 9.17) is 45.8 Å². The molecule has 0 spiro atoms. The van der Waals surface area contributed by atoms with Crippen LogP contribution in [-0.2, 0) is 0 Å². The van der Waals surface area contributed by atoms with E-state index in [-0.39, 0.29) is 5.02 Å². The Balaban J connectivity index is 3.30. The molecular weight excluding hydrogens is 230 g/mol. The summed E-state index contributed by atoms with van der Waals surface area (Å²) in [6, 6.07) is 4.08. The second-order valence-corrected chi connectivity index (χ2v) is 3.62. The van der Waals surface area contributed by atoms with Crippen molar-refractivity contribution in [3.63, 3.8) is 0 Å². The zero-order valence-corrected chi connectivity index (χ0v) is 8.66. The normalized spacial score (nSPS) is 12.2. The monoisotopic (exact) mass is 234 g/mol. The molecule has 0 aliphatic rings. The number of hydrogen-bond donors (Lipinski definition) is 1. The van der Waals surface area contributed by atoms with Crippen LogP contribution in [-0.4, -0.2) is 0 Å². The summed E-state index contributed by atoms with van der Waals surface area (Å²) in [4.78, 5) is 0. The van der Waals surface area contributed by atoms with E-state index >= 15 is 0 Å². The summed E-state index contributed by atoms with van der Waals surface area (Å²) in [5.41, 5.74) is 5.92. The van der Waals surface area contributed by atoms with Crippen LogP contribution in [0, 0.1) is 11.3 Å². The van der Waals surface area contributed by atoms with Crippen LogP contribution in [0.2, 0.25) is 15.1 Å². The number of nitrogens with two attached hydrogens (primary N) is 1. The largest absolute Gasteiger partial charge is 0.312 e. The van der Waals surface area contributed by atoms with E-state index in [1.807, 2.05) is 6.07 Å². The minimum absolute atomic E-state index is 0.278. The van der Waals surface area contributed by atoms with E-state index in [0.717, 1.165) is 0 Å². The van der Waals surface area contributed by atoms with Crippen LogP contribution in [0.4, 0.5) is 0 Å². The Morgan fingerprint density at radius 2 is 1.92 bits per heavy atom. The SMILES string of the molecule is N#CC(N)c1cc(Cl)cc(Cl)c1Cl. The number of benzene rings is 1. The van der Waals surface area contributed by atoms with Gasteiger partial charge in [0.15, 0.2) is 0 Å². The highest BCUT2D eigenvalue weighted by molar-refractivity contribution is 6.43. The van der Waals surface area contributed by atoms with Crippen LogP contribution in [0.25, 0.3) is 0 Å². The first-order chi connectivity index (χ1) is 6.06. The van der Waals surface area contributed by atoms with Gasteiger partial charge in [0.25, 0.3) is 0 Å². The predicted molar refractivity (Wildman–Crippen MR) is 54.0 cm³/mol. The summed E-state index contributed by atoms with van der Waals surface area (Å²) in [5, 5.41) is 9.57. The molecule has 0 radical (unpaired) electrons. The van der Waals surface area contributed by atoms with E-state index < -0.39 is 6.04 Å². The molecule has 1 rings (SSSR count). The fourth-order valence-corrected chi connectivity index (χ4v) is 1.61. The fraction of sp³-hybridized carbons (Fsp3) is 0.125. The van der Waals surface area contributed by atoms with Gasteiger partial charge >= 0.3 is 0 Å². The summed E-state index contributed by atoms with van der Waals surface area (Å²) >= 11 is 17.3. The minimum Gasteiger partial charge on any atom is -0.312 e. The van der Waals surface area contributed by atoms with Gasteiger partial charge in [-0.15, -0.1) is 0 Å². The van der Waals surface area contributed by atoms with Crippen molar-refractivity contribution in [2.75, 3.05) is 0 Å². The van der Waals surface area contributed by atoms with Crippen LogP contribution >= 0.6 is 34.8 Å². The van der Waals surface area contributed by atoms with Gasteiger partial charge in [0, 0.05) is 10.6 Å². The van der Waals surface area contributed by atoms with Crippen molar-refractivity contribution in [3.8, 4) is 6.07 Å². The maximum Gasteiger partial charge on any atom is 0.120 e. The maximum atomic E-state index is 8.57. The smallest absolute Gasteiger partial charge is 0.120 e. The molecule has 2 nitrogen and oxygen atoms in total. The lowest BCUT2D eigenvalue weighted by atomic mass is 10.1. The molecule has 0 aliphatic carbocycles. The molecule has 13 heavy (non-hydrogen) atoms. The molecule has 0 amide bonds. The second-order valence-electron chi connectivity index (χ2n) is 2.40.